The summed E-state index contributed by atoms with van der Waals surface area (Å²) in [6.07, 6.45) is 3.57. The molecule has 0 spiro atoms. The van der Waals surface area contributed by atoms with Crippen molar-refractivity contribution >= 4 is 17.6 Å². The number of nitrogens with one attached hydrogen (secondary N) is 1. The van der Waals surface area contributed by atoms with Crippen LogP contribution in [0, 0.1) is 0 Å². The van der Waals surface area contributed by atoms with Gasteiger partial charge in [0.15, 0.2) is 0 Å². The largest absolute Gasteiger partial charge is 0.458 e. The van der Waals surface area contributed by atoms with Gasteiger partial charge in [0.2, 0.25) is 0 Å². The Balaban J connectivity index is 1.42. The van der Waals surface area contributed by atoms with Crippen molar-refractivity contribution < 1.29 is 9.53 Å². The minimum Gasteiger partial charge on any atom is -0.458 e. The van der Waals surface area contributed by atoms with Crippen molar-refractivity contribution in [3.63, 3.8) is 0 Å². The maximum Gasteiger partial charge on any atom is 0.318 e. The third-order valence-corrected chi connectivity index (χ3v) is 5.03. The van der Waals surface area contributed by atoms with Crippen molar-refractivity contribution in [3.8, 4) is 6.01 Å². The zero-order valence-corrected chi connectivity index (χ0v) is 16.5. The van der Waals surface area contributed by atoms with E-state index < -0.39 is 0 Å². The van der Waals surface area contributed by atoms with Gasteiger partial charge in [-0.25, -0.2) is 14.8 Å². The molecule has 1 aliphatic heterocycles. The van der Waals surface area contributed by atoms with Gasteiger partial charge in [0, 0.05) is 13.0 Å². The second kappa shape index (κ2) is 8.92. The summed E-state index contributed by atoms with van der Waals surface area (Å²) in [6.45, 7) is 1.09. The number of halogens is 1. The first-order chi connectivity index (χ1) is 14.2. The van der Waals surface area contributed by atoms with E-state index in [1.807, 2.05) is 60.7 Å². The number of aromatic nitrogens is 2. The van der Waals surface area contributed by atoms with Crippen LogP contribution in [0.1, 0.15) is 23.6 Å². The summed E-state index contributed by atoms with van der Waals surface area (Å²) in [5.41, 5.74) is 2.07. The third-order valence-electron chi connectivity index (χ3n) is 4.83. The summed E-state index contributed by atoms with van der Waals surface area (Å²) in [4.78, 5) is 22.8. The molecule has 1 fully saturated rings. The summed E-state index contributed by atoms with van der Waals surface area (Å²) in [5, 5.41) is 3.62. The van der Waals surface area contributed by atoms with Crippen LogP contribution in [0.3, 0.4) is 0 Å². The summed E-state index contributed by atoms with van der Waals surface area (Å²) in [6, 6.07) is 19.8. The molecular formula is C22H21ClN4O2. The maximum atomic E-state index is 13.0. The topological polar surface area (TPSA) is 67.4 Å². The van der Waals surface area contributed by atoms with Gasteiger partial charge in [-0.3, -0.25) is 0 Å². The Labute approximate surface area is 174 Å². The molecule has 4 rings (SSSR count). The Morgan fingerprint density at radius 1 is 1.03 bits per heavy atom. The Kier molecular flexibility index (Phi) is 5.91. The Morgan fingerprint density at radius 3 is 2.21 bits per heavy atom. The van der Waals surface area contributed by atoms with Crippen LogP contribution < -0.4 is 10.1 Å². The van der Waals surface area contributed by atoms with E-state index in [0.29, 0.717) is 18.1 Å². The monoisotopic (exact) mass is 408 g/mol. The Bertz CT molecular complexity index is 899. The molecule has 1 atom stereocenters. The molecule has 2 amide bonds. The predicted molar refractivity (Wildman–Crippen MR) is 111 cm³/mol. The second-order valence-electron chi connectivity index (χ2n) is 6.86. The minimum atomic E-state index is -0.218. The first kappa shape index (κ1) is 19.2. The van der Waals surface area contributed by atoms with Crippen molar-refractivity contribution in [3.05, 3.63) is 89.2 Å². The first-order valence-electron chi connectivity index (χ1n) is 9.48. The minimum absolute atomic E-state index is 0.120. The van der Waals surface area contributed by atoms with E-state index >= 15 is 0 Å². The highest BCUT2D eigenvalue weighted by molar-refractivity contribution is 6.30. The van der Waals surface area contributed by atoms with Crippen molar-refractivity contribution in [2.24, 2.45) is 0 Å². The lowest BCUT2D eigenvalue weighted by atomic mass is 9.99. The lowest BCUT2D eigenvalue weighted by Crippen LogP contribution is -2.41. The molecule has 1 N–H and O–H groups in total. The quantitative estimate of drug-likeness (QED) is 0.690. The van der Waals surface area contributed by atoms with Crippen molar-refractivity contribution in [1.29, 1.82) is 0 Å². The number of urea groups is 1. The number of benzene rings is 2. The number of hydrogen-bond acceptors (Lipinski definition) is 4. The lowest BCUT2D eigenvalue weighted by molar-refractivity contribution is 0.177. The molecule has 0 radical (unpaired) electrons. The average Bonchev–Trinajstić information content (AvgIpc) is 3.23. The fraction of sp³-hybridized carbons (Fsp3) is 0.227. The van der Waals surface area contributed by atoms with Gasteiger partial charge in [-0.1, -0.05) is 72.3 Å². The van der Waals surface area contributed by atoms with Gasteiger partial charge in [0.05, 0.1) is 30.0 Å². The van der Waals surface area contributed by atoms with E-state index in [0.717, 1.165) is 17.5 Å². The average molecular weight is 409 g/mol. The molecule has 2 aromatic carbocycles. The Hall–Kier alpha value is -3.12. The highest BCUT2D eigenvalue weighted by Gasteiger charge is 2.30. The molecule has 1 aliphatic rings. The molecule has 1 aromatic heterocycles. The van der Waals surface area contributed by atoms with E-state index in [1.54, 1.807) is 4.90 Å². The molecule has 3 aromatic rings. The van der Waals surface area contributed by atoms with Crippen LogP contribution in [0.15, 0.2) is 73.1 Å². The van der Waals surface area contributed by atoms with Crippen molar-refractivity contribution in [2.45, 2.75) is 18.6 Å². The Morgan fingerprint density at radius 2 is 1.62 bits per heavy atom. The van der Waals surface area contributed by atoms with Crippen LogP contribution in [-0.2, 0) is 0 Å². The maximum absolute atomic E-state index is 13.0. The highest BCUT2D eigenvalue weighted by atomic mass is 35.5. The number of nitrogens with zero attached hydrogens (tertiary/aromatic N) is 3. The van der Waals surface area contributed by atoms with Gasteiger partial charge in [-0.05, 0) is 11.1 Å². The van der Waals surface area contributed by atoms with Crippen LogP contribution in [0.4, 0.5) is 4.79 Å². The van der Waals surface area contributed by atoms with Crippen LogP contribution in [0.5, 0.6) is 6.01 Å². The molecule has 7 heteroatoms. The number of likely N-dealkylation sites (tertiary alicyclic amines) is 1. The zero-order valence-electron chi connectivity index (χ0n) is 15.7. The number of rotatable bonds is 5. The molecule has 0 bridgehead atoms. The molecule has 2 heterocycles. The van der Waals surface area contributed by atoms with E-state index in [4.69, 9.17) is 16.3 Å². The SMILES string of the molecule is O=C(NC(c1ccccc1)c1ccccc1)N1CC[C@H](Oc2ncc(Cl)cn2)C1. The van der Waals surface area contributed by atoms with Crippen LogP contribution in [0.2, 0.25) is 5.02 Å². The molecule has 0 aliphatic carbocycles. The molecule has 6 nitrogen and oxygen atoms in total. The fourth-order valence-electron chi connectivity index (χ4n) is 3.38. The number of carbonyl (C=O) groups excluding carboxylic acids is 1. The number of amides is 2. The number of ether oxygens (including phenoxy) is 1. The highest BCUT2D eigenvalue weighted by Crippen LogP contribution is 2.23. The molecule has 29 heavy (non-hydrogen) atoms. The number of carbonyl (C=O) groups is 1. The van der Waals surface area contributed by atoms with Crippen LogP contribution in [-0.4, -0.2) is 40.1 Å². The smallest absolute Gasteiger partial charge is 0.318 e. The van der Waals surface area contributed by atoms with Crippen LogP contribution >= 0.6 is 11.6 Å². The summed E-state index contributed by atoms with van der Waals surface area (Å²) >= 11 is 5.80. The molecule has 148 valence electrons. The third kappa shape index (κ3) is 4.84. The van der Waals surface area contributed by atoms with Gasteiger partial charge in [0.25, 0.3) is 0 Å². The van der Waals surface area contributed by atoms with E-state index in [1.165, 1.54) is 12.4 Å². The zero-order chi connectivity index (χ0) is 20.1. The van der Waals surface area contributed by atoms with Crippen molar-refractivity contribution in [1.82, 2.24) is 20.2 Å². The van der Waals surface area contributed by atoms with Gasteiger partial charge < -0.3 is 15.0 Å². The van der Waals surface area contributed by atoms with Gasteiger partial charge in [-0.2, -0.15) is 0 Å². The van der Waals surface area contributed by atoms with Gasteiger partial charge >= 0.3 is 12.0 Å². The van der Waals surface area contributed by atoms with Gasteiger partial charge in [-0.15, -0.1) is 0 Å². The van der Waals surface area contributed by atoms with Crippen molar-refractivity contribution in [2.75, 3.05) is 13.1 Å². The summed E-state index contributed by atoms with van der Waals surface area (Å²) in [7, 11) is 0. The van der Waals surface area contributed by atoms with E-state index in [-0.39, 0.29) is 24.2 Å². The first-order valence-corrected chi connectivity index (χ1v) is 9.86. The van der Waals surface area contributed by atoms with Gasteiger partial charge in [0.1, 0.15) is 6.10 Å². The predicted octanol–water partition coefficient (Wildman–Crippen LogP) is 4.08. The summed E-state index contributed by atoms with van der Waals surface area (Å²) < 4.78 is 5.78. The molecular weight excluding hydrogens is 388 g/mol. The van der Waals surface area contributed by atoms with E-state index in [9.17, 15) is 4.79 Å². The fourth-order valence-corrected chi connectivity index (χ4v) is 3.48. The molecule has 0 saturated carbocycles. The van der Waals surface area contributed by atoms with E-state index in [2.05, 4.69) is 15.3 Å². The number of hydrogen-bond donors (Lipinski definition) is 1. The molecule has 0 unspecified atom stereocenters. The molecule has 1 saturated heterocycles. The second-order valence-corrected chi connectivity index (χ2v) is 7.30. The summed E-state index contributed by atoms with van der Waals surface area (Å²) in [5.74, 6) is 0. The normalized spacial score (nSPS) is 16.1. The standard InChI is InChI=1S/C22H21ClN4O2/c23-18-13-24-21(25-14-18)29-19-11-12-27(15-19)22(28)26-20(16-7-3-1-4-8-16)17-9-5-2-6-10-17/h1-10,13-14,19-20H,11-12,15H2,(H,26,28)/t19-/m0/s1. The van der Waals surface area contributed by atoms with Crippen LogP contribution in [0.25, 0.3) is 0 Å². The lowest BCUT2D eigenvalue weighted by Gasteiger charge is -2.24.